The predicted molar refractivity (Wildman–Crippen MR) is 77.1 cm³/mol. The van der Waals surface area contributed by atoms with Gasteiger partial charge in [-0.2, -0.15) is 4.31 Å². The third kappa shape index (κ3) is 2.83. The van der Waals surface area contributed by atoms with Gasteiger partial charge in [-0.15, -0.1) is 11.3 Å². The molecule has 0 fully saturated rings. The van der Waals surface area contributed by atoms with E-state index < -0.39 is 10.0 Å². The molecule has 3 nitrogen and oxygen atoms in total. The van der Waals surface area contributed by atoms with Crippen LogP contribution in [0.4, 0.5) is 0 Å². The minimum atomic E-state index is -3.45. The summed E-state index contributed by atoms with van der Waals surface area (Å²) in [5, 5.41) is 1.94. The van der Waals surface area contributed by atoms with Gasteiger partial charge in [0, 0.05) is 22.9 Å². The number of rotatable bonds is 4. The van der Waals surface area contributed by atoms with E-state index in [1.165, 1.54) is 4.31 Å². The van der Waals surface area contributed by atoms with E-state index in [2.05, 4.69) is 15.9 Å². The summed E-state index contributed by atoms with van der Waals surface area (Å²) in [5.41, 5.74) is 0. The van der Waals surface area contributed by atoms with E-state index in [-0.39, 0.29) is 0 Å². The van der Waals surface area contributed by atoms with Crippen LogP contribution in [0.1, 0.15) is 4.88 Å². The van der Waals surface area contributed by atoms with E-state index in [4.69, 9.17) is 0 Å². The number of hydrogen-bond donors (Lipinski definition) is 0. The fourth-order valence-electron chi connectivity index (χ4n) is 1.53. The van der Waals surface area contributed by atoms with E-state index in [0.717, 1.165) is 4.88 Å². The minimum absolute atomic E-state index is 0.295. The molecule has 0 saturated heterocycles. The Morgan fingerprint density at radius 3 is 2.56 bits per heavy atom. The van der Waals surface area contributed by atoms with E-state index in [0.29, 0.717) is 15.9 Å². The summed E-state index contributed by atoms with van der Waals surface area (Å²) in [4.78, 5) is 1.32. The third-order valence-electron chi connectivity index (χ3n) is 2.48. The Labute approximate surface area is 119 Å². The van der Waals surface area contributed by atoms with Gasteiger partial charge in [-0.1, -0.05) is 18.2 Å². The molecule has 0 radical (unpaired) electrons. The zero-order valence-electron chi connectivity index (χ0n) is 9.71. The maximum atomic E-state index is 12.4. The number of hydrogen-bond acceptors (Lipinski definition) is 3. The van der Waals surface area contributed by atoms with Crippen molar-refractivity contribution in [2.45, 2.75) is 11.4 Å². The summed E-state index contributed by atoms with van der Waals surface area (Å²) in [6, 6.07) is 10.7. The monoisotopic (exact) mass is 345 g/mol. The highest BCUT2D eigenvalue weighted by molar-refractivity contribution is 9.10. The van der Waals surface area contributed by atoms with Gasteiger partial charge in [0.1, 0.15) is 0 Å². The van der Waals surface area contributed by atoms with Crippen LogP contribution in [0.25, 0.3) is 0 Å². The Bertz CT molecular complexity index is 623. The van der Waals surface area contributed by atoms with Crippen LogP contribution in [0.15, 0.2) is 51.1 Å². The molecule has 0 aliphatic rings. The molecule has 6 heteroatoms. The third-order valence-corrected chi connectivity index (χ3v) is 6.16. The molecule has 0 amide bonds. The number of nitrogens with zero attached hydrogens (tertiary/aromatic N) is 1. The van der Waals surface area contributed by atoms with Crippen LogP contribution in [-0.4, -0.2) is 19.8 Å². The van der Waals surface area contributed by atoms with Crippen molar-refractivity contribution in [2.24, 2.45) is 0 Å². The molecule has 1 aromatic heterocycles. The molecule has 0 N–H and O–H groups in total. The Kier molecular flexibility index (Phi) is 4.21. The van der Waals surface area contributed by atoms with Gasteiger partial charge in [0.25, 0.3) is 0 Å². The second kappa shape index (κ2) is 5.52. The molecule has 0 bridgehead atoms. The van der Waals surface area contributed by atoms with Gasteiger partial charge in [-0.3, -0.25) is 0 Å². The normalized spacial score (nSPS) is 11.9. The molecule has 0 aliphatic heterocycles. The predicted octanol–water partition coefficient (Wildman–Crippen LogP) is 3.33. The maximum Gasteiger partial charge on any atom is 0.244 e. The lowest BCUT2D eigenvalue weighted by molar-refractivity contribution is 0.469. The Balaban J connectivity index is 2.29. The Morgan fingerprint density at radius 1 is 1.22 bits per heavy atom. The second-order valence-electron chi connectivity index (χ2n) is 3.77. The summed E-state index contributed by atoms with van der Waals surface area (Å²) in [6.07, 6.45) is 0. The van der Waals surface area contributed by atoms with Gasteiger partial charge in [0.2, 0.25) is 10.0 Å². The Morgan fingerprint density at radius 2 is 1.94 bits per heavy atom. The number of thiophene rings is 1. The molecule has 2 rings (SSSR count). The molecular weight excluding hydrogens is 334 g/mol. The lowest BCUT2D eigenvalue weighted by Gasteiger charge is -2.17. The van der Waals surface area contributed by atoms with Crippen LogP contribution >= 0.6 is 27.3 Å². The van der Waals surface area contributed by atoms with E-state index in [1.807, 2.05) is 17.5 Å². The van der Waals surface area contributed by atoms with Crippen molar-refractivity contribution in [3.8, 4) is 0 Å². The first-order chi connectivity index (χ1) is 8.51. The average molecular weight is 346 g/mol. The van der Waals surface area contributed by atoms with Crippen molar-refractivity contribution < 1.29 is 8.42 Å². The molecule has 1 heterocycles. The molecule has 0 spiro atoms. The van der Waals surface area contributed by atoms with Crippen molar-refractivity contribution >= 4 is 37.3 Å². The molecule has 0 unspecified atom stereocenters. The van der Waals surface area contributed by atoms with Crippen molar-refractivity contribution in [2.75, 3.05) is 7.05 Å². The lowest BCUT2D eigenvalue weighted by Crippen LogP contribution is -2.26. The highest BCUT2D eigenvalue weighted by Gasteiger charge is 2.23. The second-order valence-corrected chi connectivity index (χ2v) is 7.67. The average Bonchev–Trinajstić information content (AvgIpc) is 2.82. The van der Waals surface area contributed by atoms with Gasteiger partial charge < -0.3 is 0 Å². The maximum absolute atomic E-state index is 12.4. The first-order valence-electron chi connectivity index (χ1n) is 5.25. The summed E-state index contributed by atoms with van der Waals surface area (Å²) in [5.74, 6) is 0. The summed E-state index contributed by atoms with van der Waals surface area (Å²) >= 11 is 4.82. The lowest BCUT2D eigenvalue weighted by atomic mass is 10.4. The highest BCUT2D eigenvalue weighted by Crippen LogP contribution is 2.25. The van der Waals surface area contributed by atoms with Crippen LogP contribution in [-0.2, 0) is 16.6 Å². The van der Waals surface area contributed by atoms with Gasteiger partial charge in [0.05, 0.1) is 4.90 Å². The van der Waals surface area contributed by atoms with Gasteiger partial charge in [-0.05, 0) is 39.5 Å². The fraction of sp³-hybridized carbons (Fsp3) is 0.167. The summed E-state index contributed by atoms with van der Waals surface area (Å²) in [7, 11) is -1.86. The van der Waals surface area contributed by atoms with Crippen LogP contribution < -0.4 is 0 Å². The van der Waals surface area contributed by atoms with Crippen molar-refractivity contribution in [3.63, 3.8) is 0 Å². The molecular formula is C12H12BrNO2S2. The van der Waals surface area contributed by atoms with Gasteiger partial charge in [0.15, 0.2) is 0 Å². The largest absolute Gasteiger partial charge is 0.244 e. The Hall–Kier alpha value is -0.690. The molecule has 0 saturated carbocycles. The van der Waals surface area contributed by atoms with E-state index >= 15 is 0 Å². The standard InChI is InChI=1S/C12H12BrNO2S2/c1-14(9-10-5-4-8-17-10)18(15,16)12-7-3-2-6-11(12)13/h2-8H,9H2,1H3. The zero-order valence-corrected chi connectivity index (χ0v) is 12.9. The SMILES string of the molecule is CN(Cc1cccs1)S(=O)(=O)c1ccccc1Br. The first-order valence-corrected chi connectivity index (χ1v) is 8.36. The molecule has 2 aromatic rings. The molecule has 96 valence electrons. The van der Waals surface area contributed by atoms with Crippen molar-refractivity contribution in [1.29, 1.82) is 0 Å². The molecule has 18 heavy (non-hydrogen) atoms. The number of sulfonamides is 1. The van der Waals surface area contributed by atoms with E-state index in [1.54, 1.807) is 42.6 Å². The highest BCUT2D eigenvalue weighted by atomic mass is 79.9. The molecule has 0 aliphatic carbocycles. The summed E-state index contributed by atoms with van der Waals surface area (Å²) < 4.78 is 26.7. The smallest absolute Gasteiger partial charge is 0.207 e. The molecule has 0 atom stereocenters. The minimum Gasteiger partial charge on any atom is -0.207 e. The van der Waals surface area contributed by atoms with Gasteiger partial charge >= 0.3 is 0 Å². The van der Waals surface area contributed by atoms with Crippen LogP contribution in [0.2, 0.25) is 0 Å². The van der Waals surface area contributed by atoms with Crippen LogP contribution in [0.5, 0.6) is 0 Å². The topological polar surface area (TPSA) is 37.4 Å². The van der Waals surface area contributed by atoms with Crippen molar-refractivity contribution in [1.82, 2.24) is 4.31 Å². The van der Waals surface area contributed by atoms with Crippen molar-refractivity contribution in [3.05, 3.63) is 51.1 Å². The number of halogens is 1. The first kappa shape index (κ1) is 13.7. The van der Waals surface area contributed by atoms with Crippen LogP contribution in [0.3, 0.4) is 0 Å². The van der Waals surface area contributed by atoms with Crippen LogP contribution in [0, 0.1) is 0 Å². The van der Waals surface area contributed by atoms with Gasteiger partial charge in [-0.25, -0.2) is 8.42 Å². The fourth-order valence-corrected chi connectivity index (χ4v) is 4.48. The number of benzene rings is 1. The summed E-state index contributed by atoms with van der Waals surface area (Å²) in [6.45, 7) is 0.390. The quantitative estimate of drug-likeness (QED) is 0.852. The van der Waals surface area contributed by atoms with E-state index in [9.17, 15) is 8.42 Å². The molecule has 1 aromatic carbocycles. The zero-order chi connectivity index (χ0) is 13.2.